The molecule has 0 saturated heterocycles. The molecule has 2 aromatic carbocycles. The van der Waals surface area contributed by atoms with Crippen LogP contribution in [0.15, 0.2) is 39.3 Å². The molecule has 0 aliphatic rings. The van der Waals surface area contributed by atoms with Gasteiger partial charge in [0.1, 0.15) is 6.10 Å². The number of aryl methyl sites for hydroxylation is 3. The Kier molecular flexibility index (Phi) is 4.49. The van der Waals surface area contributed by atoms with E-state index in [4.69, 9.17) is 0 Å². The van der Waals surface area contributed by atoms with Gasteiger partial charge in [0.25, 0.3) is 0 Å². The van der Waals surface area contributed by atoms with Crippen LogP contribution in [0.3, 0.4) is 0 Å². The molecule has 0 aliphatic heterocycles. The molecule has 100 valence electrons. The zero-order valence-electron chi connectivity index (χ0n) is 11.2. The lowest BCUT2D eigenvalue weighted by molar-refractivity contribution is 0.219. The highest BCUT2D eigenvalue weighted by Crippen LogP contribution is 2.33. The topological polar surface area (TPSA) is 20.2 Å². The first-order valence-corrected chi connectivity index (χ1v) is 7.69. The van der Waals surface area contributed by atoms with Gasteiger partial charge in [-0.15, -0.1) is 0 Å². The van der Waals surface area contributed by atoms with Crippen molar-refractivity contribution >= 4 is 31.9 Å². The molecule has 0 saturated carbocycles. The fourth-order valence-corrected chi connectivity index (χ4v) is 3.25. The molecule has 19 heavy (non-hydrogen) atoms. The fourth-order valence-electron chi connectivity index (χ4n) is 2.22. The highest BCUT2D eigenvalue weighted by molar-refractivity contribution is 9.11. The van der Waals surface area contributed by atoms with Gasteiger partial charge in [-0.1, -0.05) is 61.2 Å². The molecule has 0 aliphatic carbocycles. The summed E-state index contributed by atoms with van der Waals surface area (Å²) in [6.07, 6.45) is -0.620. The van der Waals surface area contributed by atoms with Crippen molar-refractivity contribution in [3.8, 4) is 0 Å². The molecule has 0 aromatic heterocycles. The van der Waals surface area contributed by atoms with Crippen LogP contribution in [0.1, 0.15) is 33.9 Å². The maximum atomic E-state index is 10.6. The van der Waals surface area contributed by atoms with E-state index in [1.54, 1.807) is 0 Å². The summed E-state index contributed by atoms with van der Waals surface area (Å²) in [5, 5.41) is 10.6. The number of hydrogen-bond donors (Lipinski definition) is 1. The molecule has 2 rings (SSSR count). The van der Waals surface area contributed by atoms with Crippen LogP contribution >= 0.6 is 31.9 Å². The van der Waals surface area contributed by atoms with Crippen molar-refractivity contribution in [3.63, 3.8) is 0 Å². The molecule has 1 nitrogen and oxygen atoms in total. The third-order valence-corrected chi connectivity index (χ3v) is 4.67. The molecular formula is C16H16Br2O. The Morgan fingerprint density at radius 3 is 2.00 bits per heavy atom. The summed E-state index contributed by atoms with van der Waals surface area (Å²) >= 11 is 7.05. The summed E-state index contributed by atoms with van der Waals surface area (Å²) in [4.78, 5) is 0. The maximum absolute atomic E-state index is 10.6. The molecule has 1 N–H and O–H groups in total. The van der Waals surface area contributed by atoms with E-state index >= 15 is 0 Å². The second-order valence-corrected chi connectivity index (χ2v) is 6.66. The first kappa shape index (κ1) is 14.8. The summed E-state index contributed by atoms with van der Waals surface area (Å²) in [6.45, 7) is 6.12. The number of halogens is 2. The molecule has 0 fully saturated rings. The summed E-state index contributed by atoms with van der Waals surface area (Å²) < 4.78 is 1.94. The summed E-state index contributed by atoms with van der Waals surface area (Å²) in [6, 6.07) is 10.2. The Morgan fingerprint density at radius 2 is 1.42 bits per heavy atom. The molecule has 0 bridgehead atoms. The van der Waals surface area contributed by atoms with Gasteiger partial charge < -0.3 is 5.11 Å². The Balaban J connectivity index is 2.49. The Morgan fingerprint density at radius 1 is 0.842 bits per heavy atom. The minimum absolute atomic E-state index is 0.620. The minimum Gasteiger partial charge on any atom is -0.384 e. The monoisotopic (exact) mass is 382 g/mol. The van der Waals surface area contributed by atoms with Crippen LogP contribution in [0.5, 0.6) is 0 Å². The first-order valence-electron chi connectivity index (χ1n) is 6.10. The predicted molar refractivity (Wildman–Crippen MR) is 86.6 cm³/mol. The second kappa shape index (κ2) is 5.78. The van der Waals surface area contributed by atoms with E-state index < -0.39 is 6.10 Å². The van der Waals surface area contributed by atoms with Gasteiger partial charge in [0, 0.05) is 14.5 Å². The molecule has 0 spiro atoms. The second-order valence-electron chi connectivity index (χ2n) is 4.95. The lowest BCUT2D eigenvalue weighted by atomic mass is 9.97. The Bertz CT molecular complexity index is 600. The molecular weight excluding hydrogens is 368 g/mol. The fraction of sp³-hybridized carbons (Fsp3) is 0.250. The summed E-state index contributed by atoms with van der Waals surface area (Å²) in [5.74, 6) is 0. The smallest absolute Gasteiger partial charge is 0.105 e. The van der Waals surface area contributed by atoms with Crippen LogP contribution in [0, 0.1) is 20.8 Å². The van der Waals surface area contributed by atoms with Crippen LogP contribution < -0.4 is 0 Å². The van der Waals surface area contributed by atoms with Gasteiger partial charge in [0.15, 0.2) is 0 Å². The molecule has 1 atom stereocenters. The van der Waals surface area contributed by atoms with E-state index in [0.29, 0.717) is 0 Å². The lowest BCUT2D eigenvalue weighted by Gasteiger charge is -2.16. The van der Waals surface area contributed by atoms with Gasteiger partial charge in [0.2, 0.25) is 0 Å². The van der Waals surface area contributed by atoms with Crippen LogP contribution in [0.4, 0.5) is 0 Å². The van der Waals surface area contributed by atoms with E-state index in [1.807, 2.05) is 45.0 Å². The van der Waals surface area contributed by atoms with Crippen molar-refractivity contribution in [2.45, 2.75) is 26.9 Å². The molecule has 3 heteroatoms. The lowest BCUT2D eigenvalue weighted by Crippen LogP contribution is -2.02. The van der Waals surface area contributed by atoms with E-state index in [1.165, 1.54) is 0 Å². The van der Waals surface area contributed by atoms with Gasteiger partial charge in [0.05, 0.1) is 0 Å². The average Bonchev–Trinajstić information content (AvgIpc) is 2.31. The van der Waals surface area contributed by atoms with Gasteiger partial charge in [-0.25, -0.2) is 0 Å². The van der Waals surface area contributed by atoms with E-state index in [-0.39, 0.29) is 0 Å². The van der Waals surface area contributed by atoms with Crippen molar-refractivity contribution in [1.82, 2.24) is 0 Å². The standard InChI is InChI=1S/C16H16Br2O/c1-9-4-10(2)6-12(5-9)16(19)13-8-14(17)11(3)7-15(13)18/h4-8,16,19H,1-3H3. The van der Waals surface area contributed by atoms with Crippen LogP contribution in [-0.4, -0.2) is 5.11 Å². The Hall–Kier alpha value is -0.640. The van der Waals surface area contributed by atoms with Crippen molar-refractivity contribution in [2.75, 3.05) is 0 Å². The largest absolute Gasteiger partial charge is 0.384 e. The highest BCUT2D eigenvalue weighted by Gasteiger charge is 2.15. The first-order chi connectivity index (χ1) is 8.88. The predicted octanol–water partition coefficient (Wildman–Crippen LogP) is 5.22. The third kappa shape index (κ3) is 3.28. The van der Waals surface area contributed by atoms with E-state index in [9.17, 15) is 5.11 Å². The van der Waals surface area contributed by atoms with Crippen LogP contribution in [0.2, 0.25) is 0 Å². The quantitative estimate of drug-likeness (QED) is 0.753. The van der Waals surface area contributed by atoms with E-state index in [0.717, 1.165) is 36.8 Å². The summed E-state index contributed by atoms with van der Waals surface area (Å²) in [5.41, 5.74) is 5.27. The highest BCUT2D eigenvalue weighted by atomic mass is 79.9. The third-order valence-electron chi connectivity index (χ3n) is 3.13. The number of aliphatic hydroxyl groups is 1. The van der Waals surface area contributed by atoms with Crippen LogP contribution in [0.25, 0.3) is 0 Å². The van der Waals surface area contributed by atoms with Gasteiger partial charge in [-0.05, 0) is 44.0 Å². The SMILES string of the molecule is Cc1cc(C)cc(C(O)c2cc(Br)c(C)cc2Br)c1. The summed E-state index contributed by atoms with van der Waals surface area (Å²) in [7, 11) is 0. The van der Waals surface area contributed by atoms with E-state index in [2.05, 4.69) is 37.9 Å². The molecule has 1 unspecified atom stereocenters. The van der Waals surface area contributed by atoms with Crippen LogP contribution in [-0.2, 0) is 0 Å². The van der Waals surface area contributed by atoms with Crippen molar-refractivity contribution in [3.05, 3.63) is 67.1 Å². The zero-order chi connectivity index (χ0) is 14.2. The molecule has 0 amide bonds. The number of hydrogen-bond acceptors (Lipinski definition) is 1. The van der Waals surface area contributed by atoms with Gasteiger partial charge in [-0.2, -0.15) is 0 Å². The zero-order valence-corrected chi connectivity index (χ0v) is 14.3. The number of benzene rings is 2. The molecule has 0 radical (unpaired) electrons. The van der Waals surface area contributed by atoms with Gasteiger partial charge >= 0.3 is 0 Å². The normalized spacial score (nSPS) is 12.5. The van der Waals surface area contributed by atoms with Gasteiger partial charge in [-0.3, -0.25) is 0 Å². The van der Waals surface area contributed by atoms with Crippen molar-refractivity contribution in [1.29, 1.82) is 0 Å². The number of rotatable bonds is 2. The minimum atomic E-state index is -0.620. The van der Waals surface area contributed by atoms with Crippen molar-refractivity contribution < 1.29 is 5.11 Å². The molecule has 0 heterocycles. The van der Waals surface area contributed by atoms with Crippen molar-refractivity contribution in [2.24, 2.45) is 0 Å². The number of aliphatic hydroxyl groups excluding tert-OH is 1. The average molecular weight is 384 g/mol. The Labute approximate surface area is 130 Å². The molecule has 2 aromatic rings. The maximum Gasteiger partial charge on any atom is 0.105 e.